The maximum absolute atomic E-state index is 5.82. The summed E-state index contributed by atoms with van der Waals surface area (Å²) in [5.41, 5.74) is 2.57. The van der Waals surface area contributed by atoms with Crippen LogP contribution in [0.3, 0.4) is 0 Å². The summed E-state index contributed by atoms with van der Waals surface area (Å²) in [5.74, 6) is 0.924. The van der Waals surface area contributed by atoms with E-state index in [1.165, 1.54) is 24.0 Å². The Morgan fingerprint density at radius 2 is 2.00 bits per heavy atom. The standard InChI is InChI=1S/C19H21O2/c1-2-6-16(7-3-1)14-17-9-11-18(12-10-17)21-15-19-8-4-5-13-20-19/h1-2,6-7,9-12,19H,4-5,8,13-15H2. The lowest BCUT2D eigenvalue weighted by Gasteiger charge is -2.22. The van der Waals surface area contributed by atoms with E-state index in [-0.39, 0.29) is 6.10 Å². The fraction of sp³-hybridized carbons (Fsp3) is 0.368. The molecule has 1 atom stereocenters. The van der Waals surface area contributed by atoms with Crippen molar-refractivity contribution in [2.75, 3.05) is 13.2 Å². The van der Waals surface area contributed by atoms with Crippen molar-refractivity contribution in [2.45, 2.75) is 31.8 Å². The molecule has 3 rings (SSSR count). The Kier molecular flexibility index (Phi) is 4.90. The van der Waals surface area contributed by atoms with Gasteiger partial charge in [-0.3, -0.25) is 0 Å². The van der Waals surface area contributed by atoms with Gasteiger partial charge < -0.3 is 9.47 Å². The summed E-state index contributed by atoms with van der Waals surface area (Å²) in [4.78, 5) is 0. The summed E-state index contributed by atoms with van der Waals surface area (Å²) in [5, 5.41) is 0. The Labute approximate surface area is 126 Å². The van der Waals surface area contributed by atoms with Crippen LogP contribution in [0.15, 0.2) is 48.5 Å². The van der Waals surface area contributed by atoms with E-state index in [2.05, 4.69) is 24.3 Å². The molecule has 2 aromatic carbocycles. The van der Waals surface area contributed by atoms with E-state index in [1.807, 2.05) is 30.3 Å². The highest BCUT2D eigenvalue weighted by Gasteiger charge is 2.14. The van der Waals surface area contributed by atoms with Crippen LogP contribution in [0.4, 0.5) is 0 Å². The number of rotatable bonds is 5. The molecule has 0 aromatic heterocycles. The third-order valence-corrected chi connectivity index (χ3v) is 3.81. The van der Waals surface area contributed by atoms with Gasteiger partial charge in [-0.05, 0) is 55.0 Å². The summed E-state index contributed by atoms with van der Waals surface area (Å²) in [7, 11) is 0. The second-order valence-electron chi connectivity index (χ2n) is 5.53. The average Bonchev–Trinajstić information content (AvgIpc) is 2.56. The van der Waals surface area contributed by atoms with E-state index < -0.39 is 0 Å². The first-order valence-electron chi connectivity index (χ1n) is 7.68. The Morgan fingerprint density at radius 1 is 1.10 bits per heavy atom. The fourth-order valence-corrected chi connectivity index (χ4v) is 2.61. The van der Waals surface area contributed by atoms with Crippen LogP contribution in [0.25, 0.3) is 0 Å². The molecule has 0 aliphatic carbocycles. The molecule has 0 saturated carbocycles. The van der Waals surface area contributed by atoms with Crippen LogP contribution in [0.1, 0.15) is 30.4 Å². The molecular weight excluding hydrogens is 260 g/mol. The summed E-state index contributed by atoms with van der Waals surface area (Å²) in [6.45, 7) is 1.54. The zero-order valence-electron chi connectivity index (χ0n) is 12.3. The van der Waals surface area contributed by atoms with Gasteiger partial charge in [0.2, 0.25) is 0 Å². The molecule has 0 spiro atoms. The molecule has 0 bridgehead atoms. The van der Waals surface area contributed by atoms with Gasteiger partial charge in [0, 0.05) is 6.61 Å². The molecular formula is C19H21O2. The first-order chi connectivity index (χ1) is 10.4. The predicted octanol–water partition coefficient (Wildman–Crippen LogP) is 4.03. The van der Waals surface area contributed by atoms with Crippen molar-refractivity contribution in [3.8, 4) is 5.75 Å². The van der Waals surface area contributed by atoms with E-state index in [0.29, 0.717) is 6.61 Å². The van der Waals surface area contributed by atoms with Crippen LogP contribution < -0.4 is 4.74 Å². The van der Waals surface area contributed by atoms with Gasteiger partial charge in [0.15, 0.2) is 0 Å². The van der Waals surface area contributed by atoms with Crippen molar-refractivity contribution >= 4 is 0 Å². The first kappa shape index (κ1) is 14.2. The molecule has 1 fully saturated rings. The largest absolute Gasteiger partial charge is 0.491 e. The topological polar surface area (TPSA) is 18.5 Å². The maximum Gasteiger partial charge on any atom is 0.119 e. The van der Waals surface area contributed by atoms with Crippen molar-refractivity contribution in [3.63, 3.8) is 0 Å². The zero-order chi connectivity index (χ0) is 14.3. The van der Waals surface area contributed by atoms with Crippen molar-refractivity contribution in [2.24, 2.45) is 0 Å². The van der Waals surface area contributed by atoms with Gasteiger partial charge in [-0.25, -0.2) is 0 Å². The molecule has 1 saturated heterocycles. The van der Waals surface area contributed by atoms with Gasteiger partial charge >= 0.3 is 0 Å². The third-order valence-electron chi connectivity index (χ3n) is 3.81. The van der Waals surface area contributed by atoms with E-state index in [0.717, 1.165) is 25.2 Å². The minimum absolute atomic E-state index is 0.262. The highest BCUT2D eigenvalue weighted by molar-refractivity contribution is 5.31. The summed E-state index contributed by atoms with van der Waals surface area (Å²) < 4.78 is 11.5. The molecule has 1 radical (unpaired) electrons. The van der Waals surface area contributed by atoms with Gasteiger partial charge in [-0.2, -0.15) is 0 Å². The second kappa shape index (κ2) is 7.28. The molecule has 1 aliphatic rings. The van der Waals surface area contributed by atoms with E-state index in [4.69, 9.17) is 9.47 Å². The van der Waals surface area contributed by atoms with E-state index >= 15 is 0 Å². The highest BCUT2D eigenvalue weighted by Crippen LogP contribution is 2.18. The Hall–Kier alpha value is -1.80. The number of ether oxygens (including phenoxy) is 2. The summed E-state index contributed by atoms with van der Waals surface area (Å²) in [6, 6.07) is 19.6. The fourth-order valence-electron chi connectivity index (χ4n) is 2.61. The maximum atomic E-state index is 5.82. The van der Waals surface area contributed by atoms with Crippen LogP contribution in [0.5, 0.6) is 5.75 Å². The van der Waals surface area contributed by atoms with Crippen LogP contribution in [-0.2, 0) is 11.2 Å². The molecule has 0 N–H and O–H groups in total. The molecule has 109 valence electrons. The van der Waals surface area contributed by atoms with Gasteiger partial charge in [0.1, 0.15) is 12.4 Å². The lowest BCUT2D eigenvalue weighted by Crippen LogP contribution is -2.25. The summed E-state index contributed by atoms with van der Waals surface area (Å²) in [6.07, 6.45) is 4.74. The number of hydrogen-bond donors (Lipinski definition) is 0. The quantitative estimate of drug-likeness (QED) is 0.824. The highest BCUT2D eigenvalue weighted by atomic mass is 16.5. The number of benzene rings is 2. The number of hydrogen-bond acceptors (Lipinski definition) is 2. The molecule has 2 aromatic rings. The first-order valence-corrected chi connectivity index (χ1v) is 7.68. The zero-order valence-corrected chi connectivity index (χ0v) is 12.3. The third kappa shape index (κ3) is 4.33. The molecule has 0 amide bonds. The SMILES string of the molecule is [c]1cccc(Cc2ccc(OCC3CCCCO3)cc2)c1. The van der Waals surface area contributed by atoms with Crippen molar-refractivity contribution in [3.05, 3.63) is 65.7 Å². The van der Waals surface area contributed by atoms with Crippen LogP contribution >= 0.6 is 0 Å². The minimum atomic E-state index is 0.262. The molecule has 1 aliphatic heterocycles. The van der Waals surface area contributed by atoms with Crippen molar-refractivity contribution in [1.29, 1.82) is 0 Å². The Morgan fingerprint density at radius 3 is 2.71 bits per heavy atom. The molecule has 1 heterocycles. The smallest absolute Gasteiger partial charge is 0.119 e. The van der Waals surface area contributed by atoms with Gasteiger partial charge in [0.25, 0.3) is 0 Å². The van der Waals surface area contributed by atoms with E-state index in [9.17, 15) is 0 Å². The predicted molar refractivity (Wildman–Crippen MR) is 83.6 cm³/mol. The molecule has 2 heteroatoms. The second-order valence-corrected chi connectivity index (χ2v) is 5.53. The monoisotopic (exact) mass is 281 g/mol. The Bertz CT molecular complexity index is 527. The normalized spacial score (nSPS) is 18.4. The van der Waals surface area contributed by atoms with Crippen LogP contribution in [-0.4, -0.2) is 19.3 Å². The van der Waals surface area contributed by atoms with Crippen LogP contribution in [0.2, 0.25) is 0 Å². The van der Waals surface area contributed by atoms with Crippen LogP contribution in [0, 0.1) is 6.07 Å². The average molecular weight is 281 g/mol. The minimum Gasteiger partial charge on any atom is -0.491 e. The van der Waals surface area contributed by atoms with E-state index in [1.54, 1.807) is 0 Å². The van der Waals surface area contributed by atoms with Gasteiger partial charge in [-0.15, -0.1) is 0 Å². The summed E-state index contributed by atoms with van der Waals surface area (Å²) >= 11 is 0. The van der Waals surface area contributed by atoms with Gasteiger partial charge in [0.05, 0.1) is 6.10 Å². The van der Waals surface area contributed by atoms with Gasteiger partial charge in [-0.1, -0.05) is 36.4 Å². The van der Waals surface area contributed by atoms with Crippen molar-refractivity contribution in [1.82, 2.24) is 0 Å². The molecule has 2 nitrogen and oxygen atoms in total. The lowest BCUT2D eigenvalue weighted by molar-refractivity contribution is -0.0110. The van der Waals surface area contributed by atoms with Crippen molar-refractivity contribution < 1.29 is 9.47 Å². The molecule has 21 heavy (non-hydrogen) atoms. The lowest BCUT2D eigenvalue weighted by atomic mass is 10.1. The Balaban J connectivity index is 1.51. The molecule has 1 unspecified atom stereocenters.